The van der Waals surface area contributed by atoms with E-state index in [1.54, 1.807) is 12.3 Å². The summed E-state index contributed by atoms with van der Waals surface area (Å²) in [5, 5.41) is 0. The van der Waals surface area contributed by atoms with Gasteiger partial charge in [0.1, 0.15) is 11.6 Å². The first kappa shape index (κ1) is 9.31. The first-order valence-corrected chi connectivity index (χ1v) is 5.23. The van der Waals surface area contributed by atoms with E-state index in [4.69, 9.17) is 10.5 Å². The minimum absolute atomic E-state index is 0.383. The van der Waals surface area contributed by atoms with Gasteiger partial charge in [0.2, 0.25) is 0 Å². The monoisotopic (exact) mass is 192 g/mol. The Morgan fingerprint density at radius 1 is 1.21 bits per heavy atom. The Kier molecular flexibility index (Phi) is 2.87. The Hall–Kier alpha value is -1.25. The highest BCUT2D eigenvalue weighted by atomic mass is 16.5. The van der Waals surface area contributed by atoms with E-state index in [0.29, 0.717) is 11.9 Å². The van der Waals surface area contributed by atoms with Crippen LogP contribution in [0, 0.1) is 0 Å². The zero-order chi connectivity index (χ0) is 9.80. The Balaban J connectivity index is 1.92. The molecule has 1 aliphatic carbocycles. The van der Waals surface area contributed by atoms with Gasteiger partial charge in [0, 0.05) is 0 Å². The number of hydrogen-bond acceptors (Lipinski definition) is 3. The van der Waals surface area contributed by atoms with Gasteiger partial charge in [-0.2, -0.15) is 0 Å². The summed E-state index contributed by atoms with van der Waals surface area (Å²) in [7, 11) is 0. The first-order chi connectivity index (χ1) is 6.84. The second-order valence-corrected chi connectivity index (χ2v) is 3.80. The van der Waals surface area contributed by atoms with Crippen molar-refractivity contribution in [2.45, 2.75) is 38.2 Å². The van der Waals surface area contributed by atoms with E-state index >= 15 is 0 Å². The number of nitrogens with two attached hydrogens (primary N) is 1. The SMILES string of the molecule is Nc1ccc(OC2CCCCC2)cn1. The molecule has 0 unspecified atom stereocenters. The van der Waals surface area contributed by atoms with Crippen LogP contribution in [0.1, 0.15) is 32.1 Å². The zero-order valence-electron chi connectivity index (χ0n) is 8.28. The number of anilines is 1. The van der Waals surface area contributed by atoms with Crippen LogP contribution in [0.25, 0.3) is 0 Å². The molecular formula is C11H16N2O. The van der Waals surface area contributed by atoms with Crippen LogP contribution in [0.3, 0.4) is 0 Å². The molecule has 2 rings (SSSR count). The summed E-state index contributed by atoms with van der Waals surface area (Å²) in [5.74, 6) is 1.38. The van der Waals surface area contributed by atoms with Gasteiger partial charge in [0.05, 0.1) is 12.3 Å². The Morgan fingerprint density at radius 2 is 2.00 bits per heavy atom. The van der Waals surface area contributed by atoms with E-state index < -0.39 is 0 Å². The molecule has 76 valence electrons. The third kappa shape index (κ3) is 2.37. The molecule has 0 amide bonds. The van der Waals surface area contributed by atoms with E-state index in [0.717, 1.165) is 5.75 Å². The number of hydrogen-bond donors (Lipinski definition) is 1. The summed E-state index contributed by atoms with van der Waals surface area (Å²) in [6, 6.07) is 3.66. The number of pyridine rings is 1. The molecular weight excluding hydrogens is 176 g/mol. The molecule has 3 nitrogen and oxygen atoms in total. The molecule has 0 atom stereocenters. The van der Waals surface area contributed by atoms with Crippen molar-refractivity contribution >= 4 is 5.82 Å². The predicted octanol–water partition coefficient (Wildman–Crippen LogP) is 2.38. The van der Waals surface area contributed by atoms with Gasteiger partial charge in [-0.15, -0.1) is 0 Å². The molecule has 2 N–H and O–H groups in total. The average molecular weight is 192 g/mol. The van der Waals surface area contributed by atoms with Crippen molar-refractivity contribution in [3.8, 4) is 5.75 Å². The van der Waals surface area contributed by atoms with Crippen LogP contribution >= 0.6 is 0 Å². The van der Waals surface area contributed by atoms with Gasteiger partial charge < -0.3 is 10.5 Å². The van der Waals surface area contributed by atoms with Gasteiger partial charge in [-0.3, -0.25) is 0 Å². The topological polar surface area (TPSA) is 48.1 Å². The van der Waals surface area contributed by atoms with Gasteiger partial charge in [-0.1, -0.05) is 6.42 Å². The van der Waals surface area contributed by atoms with Gasteiger partial charge in [-0.25, -0.2) is 4.98 Å². The average Bonchev–Trinajstić information content (AvgIpc) is 2.23. The molecule has 1 aliphatic rings. The molecule has 0 aliphatic heterocycles. The molecule has 0 bridgehead atoms. The van der Waals surface area contributed by atoms with Crippen molar-refractivity contribution in [3.05, 3.63) is 18.3 Å². The fraction of sp³-hybridized carbons (Fsp3) is 0.545. The number of ether oxygens (including phenoxy) is 1. The lowest BCUT2D eigenvalue weighted by Gasteiger charge is -2.22. The molecule has 1 heterocycles. The van der Waals surface area contributed by atoms with Crippen molar-refractivity contribution in [1.82, 2.24) is 4.98 Å². The maximum absolute atomic E-state index is 5.79. The third-order valence-corrected chi connectivity index (χ3v) is 2.61. The van der Waals surface area contributed by atoms with Crippen LogP contribution in [-0.2, 0) is 0 Å². The first-order valence-electron chi connectivity index (χ1n) is 5.23. The van der Waals surface area contributed by atoms with E-state index in [-0.39, 0.29) is 0 Å². The molecule has 3 heteroatoms. The van der Waals surface area contributed by atoms with Gasteiger partial charge in [-0.05, 0) is 37.8 Å². The maximum atomic E-state index is 5.79. The largest absolute Gasteiger partial charge is 0.489 e. The summed E-state index contributed by atoms with van der Waals surface area (Å²) in [6.07, 6.45) is 8.34. The Bertz CT molecular complexity index is 278. The van der Waals surface area contributed by atoms with Crippen LogP contribution in [0.2, 0.25) is 0 Å². The summed E-state index contributed by atoms with van der Waals surface area (Å²) in [4.78, 5) is 4.00. The molecule has 14 heavy (non-hydrogen) atoms. The smallest absolute Gasteiger partial charge is 0.138 e. The van der Waals surface area contributed by atoms with Crippen molar-refractivity contribution in [3.63, 3.8) is 0 Å². The van der Waals surface area contributed by atoms with Crippen molar-refractivity contribution in [1.29, 1.82) is 0 Å². The second-order valence-electron chi connectivity index (χ2n) is 3.80. The maximum Gasteiger partial charge on any atom is 0.138 e. The molecule has 0 aromatic carbocycles. The highest BCUT2D eigenvalue weighted by Crippen LogP contribution is 2.22. The van der Waals surface area contributed by atoms with E-state index in [9.17, 15) is 0 Å². The zero-order valence-corrected chi connectivity index (χ0v) is 8.28. The molecule has 0 saturated heterocycles. The summed E-state index contributed by atoms with van der Waals surface area (Å²) in [6.45, 7) is 0. The molecule has 1 fully saturated rings. The minimum atomic E-state index is 0.383. The Morgan fingerprint density at radius 3 is 2.64 bits per heavy atom. The van der Waals surface area contributed by atoms with E-state index in [1.165, 1.54) is 32.1 Å². The highest BCUT2D eigenvalue weighted by molar-refractivity contribution is 5.32. The number of aromatic nitrogens is 1. The van der Waals surface area contributed by atoms with Crippen LogP contribution in [-0.4, -0.2) is 11.1 Å². The molecule has 0 spiro atoms. The van der Waals surface area contributed by atoms with E-state index in [1.807, 2.05) is 6.07 Å². The quantitative estimate of drug-likeness (QED) is 0.782. The minimum Gasteiger partial charge on any atom is -0.489 e. The molecule has 1 saturated carbocycles. The van der Waals surface area contributed by atoms with Crippen LogP contribution < -0.4 is 10.5 Å². The second kappa shape index (κ2) is 4.31. The third-order valence-electron chi connectivity index (χ3n) is 2.61. The van der Waals surface area contributed by atoms with Gasteiger partial charge in [0.25, 0.3) is 0 Å². The van der Waals surface area contributed by atoms with Gasteiger partial charge in [0.15, 0.2) is 0 Å². The van der Waals surface area contributed by atoms with Crippen molar-refractivity contribution in [2.75, 3.05) is 5.73 Å². The number of rotatable bonds is 2. The summed E-state index contributed by atoms with van der Waals surface area (Å²) < 4.78 is 5.79. The van der Waals surface area contributed by atoms with E-state index in [2.05, 4.69) is 4.98 Å². The Labute approximate surface area is 84.3 Å². The lowest BCUT2D eigenvalue weighted by molar-refractivity contribution is 0.154. The standard InChI is InChI=1S/C11H16N2O/c12-11-7-6-10(8-13-11)14-9-4-2-1-3-5-9/h6-9H,1-5H2,(H2,12,13). The molecule has 1 aromatic heterocycles. The fourth-order valence-corrected chi connectivity index (χ4v) is 1.84. The van der Waals surface area contributed by atoms with Crippen LogP contribution in [0.15, 0.2) is 18.3 Å². The lowest BCUT2D eigenvalue weighted by atomic mass is 9.98. The molecule has 1 aromatic rings. The number of nitrogens with zero attached hydrogens (tertiary/aromatic N) is 1. The number of nitrogen functional groups attached to an aromatic ring is 1. The van der Waals surface area contributed by atoms with Gasteiger partial charge >= 0.3 is 0 Å². The lowest BCUT2D eigenvalue weighted by Crippen LogP contribution is -2.19. The van der Waals surface area contributed by atoms with Crippen LogP contribution in [0.5, 0.6) is 5.75 Å². The summed E-state index contributed by atoms with van der Waals surface area (Å²) >= 11 is 0. The van der Waals surface area contributed by atoms with Crippen LogP contribution in [0.4, 0.5) is 5.82 Å². The normalized spacial score (nSPS) is 18.0. The van der Waals surface area contributed by atoms with Crippen molar-refractivity contribution in [2.24, 2.45) is 0 Å². The summed E-state index contributed by atoms with van der Waals surface area (Å²) in [5.41, 5.74) is 5.49. The predicted molar refractivity (Wildman–Crippen MR) is 56.2 cm³/mol. The highest BCUT2D eigenvalue weighted by Gasteiger charge is 2.14. The molecule has 0 radical (unpaired) electrons. The fourth-order valence-electron chi connectivity index (χ4n) is 1.84. The van der Waals surface area contributed by atoms with Crippen molar-refractivity contribution < 1.29 is 4.74 Å².